The summed E-state index contributed by atoms with van der Waals surface area (Å²) in [6.07, 6.45) is 2.63. The summed E-state index contributed by atoms with van der Waals surface area (Å²) in [7, 11) is 2.03. The molecule has 88 valence electrons. The standard InChI is InChI=1S/C12H17ClN2O/c1-15(8-10-3-2-6-16-10)12-5-4-9(14)7-11(12)13/h4-5,7,10H,2-3,6,8,14H2,1H3. The van der Waals surface area contributed by atoms with Crippen LogP contribution in [0.25, 0.3) is 0 Å². The molecule has 0 spiro atoms. The Morgan fingerprint density at radius 2 is 2.38 bits per heavy atom. The van der Waals surface area contributed by atoms with E-state index in [-0.39, 0.29) is 0 Å². The average Bonchev–Trinajstić information content (AvgIpc) is 2.70. The minimum atomic E-state index is 0.332. The van der Waals surface area contributed by atoms with Crippen molar-refractivity contribution in [3.8, 4) is 0 Å². The third kappa shape index (κ3) is 2.60. The first-order valence-corrected chi connectivity index (χ1v) is 5.92. The number of ether oxygens (including phenoxy) is 1. The molecule has 0 amide bonds. The predicted octanol–water partition coefficient (Wildman–Crippen LogP) is 2.54. The zero-order chi connectivity index (χ0) is 11.5. The summed E-state index contributed by atoms with van der Waals surface area (Å²) in [5.74, 6) is 0. The molecule has 1 fully saturated rings. The summed E-state index contributed by atoms with van der Waals surface area (Å²) >= 11 is 6.15. The fourth-order valence-corrected chi connectivity index (χ4v) is 2.36. The topological polar surface area (TPSA) is 38.5 Å². The smallest absolute Gasteiger partial charge is 0.0750 e. The van der Waals surface area contributed by atoms with Gasteiger partial charge in [0.25, 0.3) is 0 Å². The monoisotopic (exact) mass is 240 g/mol. The maximum atomic E-state index is 6.15. The summed E-state index contributed by atoms with van der Waals surface area (Å²) in [5.41, 5.74) is 7.36. The van der Waals surface area contributed by atoms with Gasteiger partial charge in [-0.15, -0.1) is 0 Å². The third-order valence-electron chi connectivity index (χ3n) is 2.88. The molecule has 1 aliphatic heterocycles. The van der Waals surface area contributed by atoms with Crippen LogP contribution in [0.5, 0.6) is 0 Å². The Balaban J connectivity index is 2.04. The van der Waals surface area contributed by atoms with E-state index in [0.29, 0.717) is 16.8 Å². The first kappa shape index (κ1) is 11.6. The van der Waals surface area contributed by atoms with Crippen LogP contribution in [0, 0.1) is 0 Å². The van der Waals surface area contributed by atoms with Crippen molar-refractivity contribution in [2.75, 3.05) is 30.8 Å². The van der Waals surface area contributed by atoms with E-state index in [0.717, 1.165) is 31.7 Å². The van der Waals surface area contributed by atoms with Gasteiger partial charge in [-0.25, -0.2) is 0 Å². The highest BCUT2D eigenvalue weighted by molar-refractivity contribution is 6.33. The number of nitrogen functional groups attached to an aromatic ring is 1. The Hall–Kier alpha value is -0.930. The molecule has 16 heavy (non-hydrogen) atoms. The molecule has 0 aliphatic carbocycles. The molecule has 2 rings (SSSR count). The molecule has 1 aromatic rings. The van der Waals surface area contributed by atoms with E-state index < -0.39 is 0 Å². The van der Waals surface area contributed by atoms with Crippen LogP contribution in [0.2, 0.25) is 5.02 Å². The Morgan fingerprint density at radius 3 is 3.00 bits per heavy atom. The molecule has 0 saturated carbocycles. The van der Waals surface area contributed by atoms with Crippen molar-refractivity contribution >= 4 is 23.0 Å². The molecule has 2 N–H and O–H groups in total. The van der Waals surface area contributed by atoms with Gasteiger partial charge in [0.05, 0.1) is 16.8 Å². The van der Waals surface area contributed by atoms with E-state index in [2.05, 4.69) is 4.90 Å². The largest absolute Gasteiger partial charge is 0.399 e. The van der Waals surface area contributed by atoms with Gasteiger partial charge < -0.3 is 15.4 Å². The van der Waals surface area contributed by atoms with Crippen molar-refractivity contribution in [1.82, 2.24) is 0 Å². The number of halogens is 1. The van der Waals surface area contributed by atoms with Gasteiger partial charge in [0.2, 0.25) is 0 Å². The van der Waals surface area contributed by atoms with E-state index in [1.54, 1.807) is 6.07 Å². The molecule has 0 aromatic heterocycles. The number of benzene rings is 1. The van der Waals surface area contributed by atoms with Crippen LogP contribution in [-0.2, 0) is 4.74 Å². The molecule has 1 aliphatic rings. The minimum Gasteiger partial charge on any atom is -0.399 e. The van der Waals surface area contributed by atoms with Crippen LogP contribution in [-0.4, -0.2) is 26.3 Å². The zero-order valence-electron chi connectivity index (χ0n) is 9.45. The number of nitrogens with two attached hydrogens (primary N) is 1. The van der Waals surface area contributed by atoms with Crippen molar-refractivity contribution in [3.05, 3.63) is 23.2 Å². The van der Waals surface area contributed by atoms with Crippen LogP contribution < -0.4 is 10.6 Å². The minimum absolute atomic E-state index is 0.332. The Morgan fingerprint density at radius 1 is 1.56 bits per heavy atom. The van der Waals surface area contributed by atoms with Crippen LogP contribution >= 0.6 is 11.6 Å². The average molecular weight is 241 g/mol. The fraction of sp³-hybridized carbons (Fsp3) is 0.500. The van der Waals surface area contributed by atoms with Gasteiger partial charge in [-0.2, -0.15) is 0 Å². The van der Waals surface area contributed by atoms with Crippen molar-refractivity contribution in [3.63, 3.8) is 0 Å². The maximum absolute atomic E-state index is 6.15. The van der Waals surface area contributed by atoms with E-state index in [1.165, 1.54) is 0 Å². The van der Waals surface area contributed by atoms with E-state index in [4.69, 9.17) is 22.1 Å². The van der Waals surface area contributed by atoms with Crippen LogP contribution in [0.4, 0.5) is 11.4 Å². The second kappa shape index (κ2) is 4.93. The number of anilines is 2. The van der Waals surface area contributed by atoms with Crippen LogP contribution in [0.1, 0.15) is 12.8 Å². The van der Waals surface area contributed by atoms with Gasteiger partial charge in [-0.05, 0) is 31.0 Å². The van der Waals surface area contributed by atoms with Crippen molar-refractivity contribution in [1.29, 1.82) is 0 Å². The zero-order valence-corrected chi connectivity index (χ0v) is 10.2. The maximum Gasteiger partial charge on any atom is 0.0750 e. The van der Waals surface area contributed by atoms with Crippen LogP contribution in [0.3, 0.4) is 0 Å². The number of hydrogen-bond acceptors (Lipinski definition) is 3. The summed E-state index contributed by atoms with van der Waals surface area (Å²) in [6, 6.07) is 5.60. The molecular weight excluding hydrogens is 224 g/mol. The van der Waals surface area contributed by atoms with Gasteiger partial charge in [-0.3, -0.25) is 0 Å². The van der Waals surface area contributed by atoms with Gasteiger partial charge in [0.15, 0.2) is 0 Å². The van der Waals surface area contributed by atoms with Crippen molar-refractivity contribution in [2.24, 2.45) is 0 Å². The SMILES string of the molecule is CN(CC1CCCO1)c1ccc(N)cc1Cl. The molecule has 4 heteroatoms. The fourth-order valence-electron chi connectivity index (χ4n) is 2.02. The van der Waals surface area contributed by atoms with E-state index in [1.807, 2.05) is 19.2 Å². The summed E-state index contributed by atoms with van der Waals surface area (Å²) < 4.78 is 5.60. The van der Waals surface area contributed by atoms with Crippen molar-refractivity contribution in [2.45, 2.75) is 18.9 Å². The summed E-state index contributed by atoms with van der Waals surface area (Å²) in [4.78, 5) is 2.12. The molecule has 0 radical (unpaired) electrons. The molecule has 1 heterocycles. The predicted molar refractivity (Wildman–Crippen MR) is 68.1 cm³/mol. The number of hydrogen-bond donors (Lipinski definition) is 1. The lowest BCUT2D eigenvalue weighted by molar-refractivity contribution is 0.116. The molecule has 1 atom stereocenters. The van der Waals surface area contributed by atoms with Crippen molar-refractivity contribution < 1.29 is 4.74 Å². The Labute approximate surface area is 101 Å². The highest BCUT2D eigenvalue weighted by atomic mass is 35.5. The molecule has 1 saturated heterocycles. The molecule has 1 unspecified atom stereocenters. The Kier molecular flexibility index (Phi) is 3.56. The first-order valence-electron chi connectivity index (χ1n) is 5.54. The van der Waals surface area contributed by atoms with Gasteiger partial charge in [-0.1, -0.05) is 11.6 Å². The summed E-state index contributed by atoms with van der Waals surface area (Å²) in [6.45, 7) is 1.76. The number of likely N-dealkylation sites (N-methyl/N-ethyl adjacent to an activating group) is 1. The highest BCUT2D eigenvalue weighted by Gasteiger charge is 2.18. The lowest BCUT2D eigenvalue weighted by Crippen LogP contribution is -2.28. The lowest BCUT2D eigenvalue weighted by Gasteiger charge is -2.23. The van der Waals surface area contributed by atoms with Gasteiger partial charge in [0.1, 0.15) is 0 Å². The lowest BCUT2D eigenvalue weighted by atomic mass is 10.2. The molecule has 3 nitrogen and oxygen atoms in total. The molecular formula is C12H17ClN2O. The first-order chi connectivity index (χ1) is 7.66. The molecule has 1 aromatic carbocycles. The highest BCUT2D eigenvalue weighted by Crippen LogP contribution is 2.28. The Bertz CT molecular complexity index is 364. The molecule has 0 bridgehead atoms. The second-order valence-electron chi connectivity index (χ2n) is 4.23. The second-order valence-corrected chi connectivity index (χ2v) is 4.63. The van der Waals surface area contributed by atoms with Gasteiger partial charge >= 0.3 is 0 Å². The van der Waals surface area contributed by atoms with Gasteiger partial charge in [0, 0.05) is 25.9 Å². The van der Waals surface area contributed by atoms with E-state index in [9.17, 15) is 0 Å². The van der Waals surface area contributed by atoms with E-state index >= 15 is 0 Å². The van der Waals surface area contributed by atoms with Crippen LogP contribution in [0.15, 0.2) is 18.2 Å². The normalized spacial score (nSPS) is 20.0. The number of nitrogens with zero attached hydrogens (tertiary/aromatic N) is 1. The summed E-state index contributed by atoms with van der Waals surface area (Å²) in [5, 5.41) is 0.695. The number of rotatable bonds is 3. The third-order valence-corrected chi connectivity index (χ3v) is 3.19. The quantitative estimate of drug-likeness (QED) is 0.826.